The summed E-state index contributed by atoms with van der Waals surface area (Å²) in [7, 11) is 0. The predicted molar refractivity (Wildman–Crippen MR) is 103 cm³/mol. The van der Waals surface area contributed by atoms with Gasteiger partial charge < -0.3 is 9.80 Å². The standard InChI is InChI=1S/C20H25N7/c1-15-13-23-20(24-14-15)27-10-5-17(6-11-27)16-3-8-26(9-4-16)19-2-7-22-18(12-21)25-19/h2,7,13-14,16-17H,3-6,8-11H2,1H3. The number of hydrogen-bond donors (Lipinski definition) is 0. The molecule has 2 aromatic heterocycles. The summed E-state index contributed by atoms with van der Waals surface area (Å²) in [6, 6.07) is 3.93. The van der Waals surface area contributed by atoms with E-state index < -0.39 is 0 Å². The molecule has 0 unspecified atom stereocenters. The first kappa shape index (κ1) is 17.7. The zero-order valence-corrected chi connectivity index (χ0v) is 15.8. The van der Waals surface area contributed by atoms with E-state index in [0.29, 0.717) is 0 Å². The van der Waals surface area contributed by atoms with Crippen molar-refractivity contribution in [1.82, 2.24) is 19.9 Å². The lowest BCUT2D eigenvalue weighted by molar-refractivity contribution is 0.232. The summed E-state index contributed by atoms with van der Waals surface area (Å²) >= 11 is 0. The highest BCUT2D eigenvalue weighted by Crippen LogP contribution is 2.34. The number of rotatable bonds is 3. The summed E-state index contributed by atoms with van der Waals surface area (Å²) in [4.78, 5) is 21.8. The Labute approximate surface area is 160 Å². The number of nitriles is 1. The molecule has 2 fully saturated rings. The zero-order chi connectivity index (χ0) is 18.6. The van der Waals surface area contributed by atoms with Gasteiger partial charge in [-0.15, -0.1) is 0 Å². The number of hydrogen-bond acceptors (Lipinski definition) is 7. The molecule has 0 radical (unpaired) electrons. The Morgan fingerprint density at radius 1 is 0.926 bits per heavy atom. The number of anilines is 2. The van der Waals surface area contributed by atoms with Crippen LogP contribution in [0.2, 0.25) is 0 Å². The average molecular weight is 363 g/mol. The summed E-state index contributed by atoms with van der Waals surface area (Å²) in [5, 5.41) is 8.98. The van der Waals surface area contributed by atoms with Crippen LogP contribution >= 0.6 is 0 Å². The molecule has 0 aromatic carbocycles. The Morgan fingerprint density at radius 2 is 1.52 bits per heavy atom. The molecule has 0 bridgehead atoms. The van der Waals surface area contributed by atoms with Gasteiger partial charge in [-0.1, -0.05) is 0 Å². The summed E-state index contributed by atoms with van der Waals surface area (Å²) in [6.07, 6.45) is 10.3. The first-order chi connectivity index (χ1) is 13.2. The first-order valence-corrected chi connectivity index (χ1v) is 9.74. The van der Waals surface area contributed by atoms with E-state index in [4.69, 9.17) is 5.26 Å². The maximum atomic E-state index is 8.98. The third kappa shape index (κ3) is 4.00. The van der Waals surface area contributed by atoms with Crippen molar-refractivity contribution in [2.75, 3.05) is 36.0 Å². The third-order valence-electron chi connectivity index (χ3n) is 5.86. The van der Waals surface area contributed by atoms with Gasteiger partial charge >= 0.3 is 0 Å². The predicted octanol–water partition coefficient (Wildman–Crippen LogP) is 2.58. The lowest BCUT2D eigenvalue weighted by Crippen LogP contribution is -2.41. The van der Waals surface area contributed by atoms with Gasteiger partial charge in [0.15, 0.2) is 0 Å². The van der Waals surface area contributed by atoms with E-state index in [1.807, 2.05) is 31.5 Å². The summed E-state index contributed by atoms with van der Waals surface area (Å²) in [5.41, 5.74) is 1.10. The summed E-state index contributed by atoms with van der Waals surface area (Å²) < 4.78 is 0. The molecular formula is C20H25N7. The largest absolute Gasteiger partial charge is 0.356 e. The Balaban J connectivity index is 1.29. The molecule has 0 spiro atoms. The fourth-order valence-corrected chi connectivity index (χ4v) is 4.30. The van der Waals surface area contributed by atoms with E-state index in [2.05, 4.69) is 29.7 Å². The third-order valence-corrected chi connectivity index (χ3v) is 5.86. The van der Waals surface area contributed by atoms with Crippen molar-refractivity contribution in [1.29, 1.82) is 5.26 Å². The first-order valence-electron chi connectivity index (χ1n) is 9.74. The molecular weight excluding hydrogens is 338 g/mol. The Morgan fingerprint density at radius 3 is 2.11 bits per heavy atom. The Hall–Kier alpha value is -2.75. The number of nitrogens with zero attached hydrogens (tertiary/aromatic N) is 7. The highest BCUT2D eigenvalue weighted by molar-refractivity contribution is 5.39. The molecule has 2 aromatic rings. The van der Waals surface area contributed by atoms with Gasteiger partial charge in [-0.05, 0) is 56.1 Å². The molecule has 0 amide bonds. The van der Waals surface area contributed by atoms with Crippen molar-refractivity contribution in [3.8, 4) is 6.07 Å². The van der Waals surface area contributed by atoms with Crippen LogP contribution in [0.4, 0.5) is 11.8 Å². The number of aromatic nitrogens is 4. The molecule has 0 atom stereocenters. The highest BCUT2D eigenvalue weighted by atomic mass is 15.2. The smallest absolute Gasteiger partial charge is 0.234 e. The van der Waals surface area contributed by atoms with Crippen molar-refractivity contribution >= 4 is 11.8 Å². The zero-order valence-electron chi connectivity index (χ0n) is 15.8. The monoisotopic (exact) mass is 363 g/mol. The molecule has 140 valence electrons. The second kappa shape index (κ2) is 7.87. The molecule has 0 aliphatic carbocycles. The maximum Gasteiger partial charge on any atom is 0.234 e. The molecule has 0 saturated carbocycles. The van der Waals surface area contributed by atoms with Crippen LogP contribution in [0.25, 0.3) is 0 Å². The van der Waals surface area contributed by atoms with Gasteiger partial charge in [-0.2, -0.15) is 5.26 Å². The van der Waals surface area contributed by atoms with Crippen LogP contribution in [-0.4, -0.2) is 46.1 Å². The lowest BCUT2D eigenvalue weighted by Gasteiger charge is -2.40. The van der Waals surface area contributed by atoms with Crippen molar-refractivity contribution in [2.24, 2.45) is 11.8 Å². The Kier molecular flexibility index (Phi) is 5.14. The minimum Gasteiger partial charge on any atom is -0.356 e. The summed E-state index contributed by atoms with van der Waals surface area (Å²) in [6.45, 7) is 6.13. The van der Waals surface area contributed by atoms with Gasteiger partial charge in [0.05, 0.1) is 0 Å². The molecule has 2 saturated heterocycles. The van der Waals surface area contributed by atoms with Crippen LogP contribution in [0.15, 0.2) is 24.7 Å². The van der Waals surface area contributed by atoms with Crippen LogP contribution in [0.3, 0.4) is 0 Å². The van der Waals surface area contributed by atoms with Gasteiger partial charge in [0.2, 0.25) is 11.8 Å². The molecule has 2 aliphatic rings. The van der Waals surface area contributed by atoms with Gasteiger partial charge in [0.25, 0.3) is 0 Å². The molecule has 4 rings (SSSR count). The normalized spacial score (nSPS) is 19.1. The van der Waals surface area contributed by atoms with Crippen LogP contribution < -0.4 is 9.80 Å². The summed E-state index contributed by atoms with van der Waals surface area (Å²) in [5.74, 6) is 3.56. The molecule has 7 nitrogen and oxygen atoms in total. The maximum absolute atomic E-state index is 8.98. The van der Waals surface area contributed by atoms with Gasteiger partial charge in [-0.3, -0.25) is 0 Å². The van der Waals surface area contributed by atoms with Gasteiger partial charge in [-0.25, -0.2) is 19.9 Å². The minimum absolute atomic E-state index is 0.250. The Bertz CT molecular complexity index is 798. The van der Waals surface area contributed by atoms with Crippen molar-refractivity contribution in [2.45, 2.75) is 32.6 Å². The van der Waals surface area contributed by atoms with E-state index in [1.54, 1.807) is 6.20 Å². The SMILES string of the molecule is Cc1cnc(N2CCC(C3CCN(c4ccnc(C#N)n4)CC3)CC2)nc1. The quantitative estimate of drug-likeness (QED) is 0.829. The molecule has 4 heterocycles. The molecule has 27 heavy (non-hydrogen) atoms. The van der Waals surface area contributed by atoms with E-state index in [1.165, 1.54) is 25.7 Å². The number of piperidine rings is 2. The number of aryl methyl sites for hydroxylation is 1. The lowest BCUT2D eigenvalue weighted by atomic mass is 9.79. The topological polar surface area (TPSA) is 81.8 Å². The average Bonchev–Trinajstić information content (AvgIpc) is 2.75. The minimum atomic E-state index is 0.250. The van der Waals surface area contributed by atoms with E-state index in [9.17, 15) is 0 Å². The van der Waals surface area contributed by atoms with Gasteiger partial charge in [0.1, 0.15) is 11.9 Å². The van der Waals surface area contributed by atoms with Crippen LogP contribution in [0, 0.1) is 30.1 Å². The van der Waals surface area contributed by atoms with Crippen molar-refractivity contribution in [3.05, 3.63) is 36.0 Å². The second-order valence-electron chi connectivity index (χ2n) is 7.56. The molecule has 2 aliphatic heterocycles. The molecule has 0 N–H and O–H groups in total. The van der Waals surface area contributed by atoms with Crippen molar-refractivity contribution < 1.29 is 0 Å². The second-order valence-corrected chi connectivity index (χ2v) is 7.56. The van der Waals surface area contributed by atoms with Crippen LogP contribution in [-0.2, 0) is 0 Å². The van der Waals surface area contributed by atoms with E-state index >= 15 is 0 Å². The highest BCUT2D eigenvalue weighted by Gasteiger charge is 2.30. The molecule has 7 heteroatoms. The van der Waals surface area contributed by atoms with E-state index in [0.717, 1.165) is 55.3 Å². The fraction of sp³-hybridized carbons (Fsp3) is 0.550. The van der Waals surface area contributed by atoms with E-state index in [-0.39, 0.29) is 5.82 Å². The van der Waals surface area contributed by atoms with Gasteiger partial charge in [0, 0.05) is 44.8 Å². The van der Waals surface area contributed by atoms with Crippen LogP contribution in [0.1, 0.15) is 37.1 Å². The fourth-order valence-electron chi connectivity index (χ4n) is 4.30. The van der Waals surface area contributed by atoms with Crippen LogP contribution in [0.5, 0.6) is 0 Å². The van der Waals surface area contributed by atoms with Crippen molar-refractivity contribution in [3.63, 3.8) is 0 Å².